The van der Waals surface area contributed by atoms with Crippen LogP contribution >= 0.6 is 11.6 Å². The summed E-state index contributed by atoms with van der Waals surface area (Å²) in [5.74, 6) is 0. The lowest BCUT2D eigenvalue weighted by molar-refractivity contribution is 0.00422. The molecule has 0 spiro atoms. The van der Waals surface area contributed by atoms with Crippen LogP contribution in [0.25, 0.3) is 0 Å². The molecule has 16 heavy (non-hydrogen) atoms. The molecular weight excluding hydrogens is 232 g/mol. The van der Waals surface area contributed by atoms with Gasteiger partial charge < -0.3 is 15.3 Å². The first-order valence-electron chi connectivity index (χ1n) is 4.81. The first-order chi connectivity index (χ1) is 7.60. The molecule has 0 aliphatic heterocycles. The molecule has 4 nitrogen and oxygen atoms in total. The van der Waals surface area contributed by atoms with Crippen LogP contribution in [0.5, 0.6) is 0 Å². The highest BCUT2D eigenvalue weighted by molar-refractivity contribution is 6.33. The van der Waals surface area contributed by atoms with Crippen molar-refractivity contribution in [1.82, 2.24) is 0 Å². The van der Waals surface area contributed by atoms with Crippen molar-refractivity contribution in [2.45, 2.75) is 18.6 Å². The van der Waals surface area contributed by atoms with E-state index in [9.17, 15) is 15.0 Å². The minimum absolute atomic E-state index is 0.0776. The van der Waals surface area contributed by atoms with Crippen molar-refractivity contribution in [1.29, 1.82) is 0 Å². The molecule has 1 aromatic carbocycles. The Balaban J connectivity index is 2.88. The summed E-state index contributed by atoms with van der Waals surface area (Å²) in [6.45, 7) is -0.210. The SMILES string of the molecule is O=Cc1ccc(C(O)C(O)CCO)cc1Cl. The van der Waals surface area contributed by atoms with Crippen LogP contribution in [0.1, 0.15) is 28.4 Å². The molecule has 0 aromatic heterocycles. The van der Waals surface area contributed by atoms with Crippen molar-refractivity contribution in [2.24, 2.45) is 0 Å². The van der Waals surface area contributed by atoms with Crippen LogP contribution < -0.4 is 0 Å². The van der Waals surface area contributed by atoms with Gasteiger partial charge in [0.25, 0.3) is 0 Å². The van der Waals surface area contributed by atoms with Crippen LogP contribution in [0.4, 0.5) is 0 Å². The lowest BCUT2D eigenvalue weighted by Gasteiger charge is -2.17. The average Bonchev–Trinajstić information content (AvgIpc) is 2.28. The van der Waals surface area contributed by atoms with E-state index in [-0.39, 0.29) is 18.1 Å². The quantitative estimate of drug-likeness (QED) is 0.674. The molecule has 0 radical (unpaired) electrons. The second kappa shape index (κ2) is 5.96. The Morgan fingerprint density at radius 1 is 1.38 bits per heavy atom. The zero-order valence-corrected chi connectivity index (χ0v) is 9.26. The monoisotopic (exact) mass is 244 g/mol. The third-order valence-corrected chi connectivity index (χ3v) is 2.61. The summed E-state index contributed by atoms with van der Waals surface area (Å²) in [5.41, 5.74) is 0.741. The lowest BCUT2D eigenvalue weighted by atomic mass is 10.0. The molecular formula is C11H13ClO4. The van der Waals surface area contributed by atoms with Crippen LogP contribution in [0.15, 0.2) is 18.2 Å². The highest BCUT2D eigenvalue weighted by atomic mass is 35.5. The van der Waals surface area contributed by atoms with Crippen molar-refractivity contribution in [2.75, 3.05) is 6.61 Å². The molecule has 3 N–H and O–H groups in total. The molecule has 0 aliphatic rings. The summed E-state index contributed by atoms with van der Waals surface area (Å²) >= 11 is 5.78. The Labute approximate surface area is 98.1 Å². The van der Waals surface area contributed by atoms with Crippen molar-refractivity contribution in [3.05, 3.63) is 34.3 Å². The zero-order valence-electron chi connectivity index (χ0n) is 8.51. The van der Waals surface area contributed by atoms with Gasteiger partial charge in [-0.15, -0.1) is 0 Å². The zero-order chi connectivity index (χ0) is 12.1. The Bertz CT molecular complexity index is 367. The summed E-state index contributed by atoms with van der Waals surface area (Å²) < 4.78 is 0. The van der Waals surface area contributed by atoms with Crippen LogP contribution in [-0.4, -0.2) is 34.3 Å². The van der Waals surface area contributed by atoms with Gasteiger partial charge in [0.2, 0.25) is 0 Å². The predicted molar refractivity (Wildman–Crippen MR) is 59.5 cm³/mol. The molecule has 0 saturated carbocycles. The van der Waals surface area contributed by atoms with Crippen molar-refractivity contribution < 1.29 is 20.1 Å². The molecule has 0 heterocycles. The van der Waals surface area contributed by atoms with Gasteiger partial charge in [-0.05, 0) is 24.1 Å². The maximum absolute atomic E-state index is 10.5. The highest BCUT2D eigenvalue weighted by Crippen LogP contribution is 2.24. The van der Waals surface area contributed by atoms with Gasteiger partial charge in [-0.25, -0.2) is 0 Å². The van der Waals surface area contributed by atoms with Gasteiger partial charge in [0.05, 0.1) is 11.1 Å². The third-order valence-electron chi connectivity index (χ3n) is 2.28. The van der Waals surface area contributed by atoms with Crippen LogP contribution in [0, 0.1) is 0 Å². The van der Waals surface area contributed by atoms with Crippen LogP contribution in [0.3, 0.4) is 0 Å². The van der Waals surface area contributed by atoms with E-state index in [1.54, 1.807) is 0 Å². The normalized spacial score (nSPS) is 14.5. The summed E-state index contributed by atoms with van der Waals surface area (Å²) in [6, 6.07) is 4.41. The van der Waals surface area contributed by atoms with Gasteiger partial charge in [0.15, 0.2) is 6.29 Å². The lowest BCUT2D eigenvalue weighted by Crippen LogP contribution is -2.19. The largest absolute Gasteiger partial charge is 0.396 e. The molecule has 5 heteroatoms. The molecule has 88 valence electrons. The first kappa shape index (κ1) is 13.1. The molecule has 1 rings (SSSR count). The van der Waals surface area contributed by atoms with E-state index in [2.05, 4.69) is 0 Å². The number of hydrogen-bond donors (Lipinski definition) is 3. The molecule has 0 aliphatic carbocycles. The molecule has 0 saturated heterocycles. The van der Waals surface area contributed by atoms with Gasteiger partial charge in [-0.1, -0.05) is 17.7 Å². The maximum atomic E-state index is 10.5. The summed E-state index contributed by atoms with van der Waals surface area (Å²) in [4.78, 5) is 10.5. The minimum Gasteiger partial charge on any atom is -0.396 e. The van der Waals surface area contributed by atoms with Crippen LogP contribution in [-0.2, 0) is 0 Å². The molecule has 1 aromatic rings. The Hall–Kier alpha value is -0.940. The second-order valence-electron chi connectivity index (χ2n) is 3.42. The third kappa shape index (κ3) is 3.02. The van der Waals surface area contributed by atoms with Gasteiger partial charge in [0, 0.05) is 12.2 Å². The van der Waals surface area contributed by atoms with E-state index >= 15 is 0 Å². The fraction of sp³-hybridized carbons (Fsp3) is 0.364. The topological polar surface area (TPSA) is 77.8 Å². The number of aliphatic hydroxyl groups is 3. The molecule has 0 bridgehead atoms. The number of hydrogen-bond acceptors (Lipinski definition) is 4. The molecule has 0 amide bonds. The standard InChI is InChI=1S/C11H13ClO4/c12-9-5-7(1-2-8(9)6-14)11(16)10(15)3-4-13/h1-2,5-6,10-11,13,15-16H,3-4H2. The molecule has 2 atom stereocenters. The van der Waals surface area contributed by atoms with Gasteiger partial charge in [0.1, 0.15) is 6.10 Å². The summed E-state index contributed by atoms with van der Waals surface area (Å²) in [7, 11) is 0. The summed E-state index contributed by atoms with van der Waals surface area (Å²) in [5, 5.41) is 28.0. The minimum atomic E-state index is -1.12. The van der Waals surface area contributed by atoms with E-state index in [0.29, 0.717) is 17.4 Å². The molecule has 2 unspecified atom stereocenters. The van der Waals surface area contributed by atoms with Gasteiger partial charge >= 0.3 is 0 Å². The van der Waals surface area contributed by atoms with E-state index in [4.69, 9.17) is 16.7 Å². The fourth-order valence-electron chi connectivity index (χ4n) is 1.34. The number of benzene rings is 1. The number of halogens is 1. The van der Waals surface area contributed by atoms with Crippen molar-refractivity contribution >= 4 is 17.9 Å². The number of aldehydes is 1. The second-order valence-corrected chi connectivity index (χ2v) is 3.83. The number of aliphatic hydroxyl groups excluding tert-OH is 3. The smallest absolute Gasteiger partial charge is 0.151 e. The highest BCUT2D eigenvalue weighted by Gasteiger charge is 2.18. The molecule has 0 fully saturated rings. The van der Waals surface area contributed by atoms with Crippen molar-refractivity contribution in [3.8, 4) is 0 Å². The Morgan fingerprint density at radius 3 is 2.56 bits per heavy atom. The van der Waals surface area contributed by atoms with Gasteiger partial charge in [-0.3, -0.25) is 4.79 Å². The first-order valence-corrected chi connectivity index (χ1v) is 5.19. The number of rotatable bonds is 5. The summed E-state index contributed by atoms with van der Waals surface area (Å²) in [6.07, 6.45) is -1.48. The van der Waals surface area contributed by atoms with E-state index in [1.807, 2.05) is 0 Å². The number of carbonyl (C=O) groups excluding carboxylic acids is 1. The fourth-order valence-corrected chi connectivity index (χ4v) is 1.57. The van der Waals surface area contributed by atoms with Crippen molar-refractivity contribution in [3.63, 3.8) is 0 Å². The van der Waals surface area contributed by atoms with Crippen LogP contribution in [0.2, 0.25) is 5.02 Å². The van der Waals surface area contributed by atoms with Gasteiger partial charge in [-0.2, -0.15) is 0 Å². The number of carbonyl (C=O) groups is 1. The van der Waals surface area contributed by atoms with E-state index in [0.717, 1.165) is 0 Å². The Morgan fingerprint density at radius 2 is 2.06 bits per heavy atom. The Kier molecular flexibility index (Phi) is 4.89. The maximum Gasteiger partial charge on any atom is 0.151 e. The predicted octanol–water partition coefficient (Wildman–Crippen LogP) is 0.929. The van der Waals surface area contributed by atoms with E-state index < -0.39 is 12.2 Å². The van der Waals surface area contributed by atoms with E-state index in [1.165, 1.54) is 18.2 Å². The average molecular weight is 245 g/mol.